The molecule has 0 spiro atoms. The van der Waals surface area contributed by atoms with E-state index in [1.165, 1.54) is 0 Å². The Balaban J connectivity index is 2.10. The summed E-state index contributed by atoms with van der Waals surface area (Å²) in [6.07, 6.45) is 2.30. The van der Waals surface area contributed by atoms with E-state index in [1.54, 1.807) is 6.07 Å². The summed E-state index contributed by atoms with van der Waals surface area (Å²) in [5.41, 5.74) is 8.11. The van der Waals surface area contributed by atoms with Gasteiger partial charge in [-0.3, -0.25) is 0 Å². The first-order chi connectivity index (χ1) is 8.05. The van der Waals surface area contributed by atoms with E-state index in [0.717, 1.165) is 29.7 Å². The van der Waals surface area contributed by atoms with E-state index in [-0.39, 0.29) is 11.6 Å². The number of sulfonamides is 1. The van der Waals surface area contributed by atoms with Crippen LogP contribution in [-0.4, -0.2) is 20.3 Å². The largest absolute Gasteiger partial charge is 0.382 e. The van der Waals surface area contributed by atoms with Crippen LogP contribution in [0.4, 0.5) is 5.69 Å². The molecular weight excluding hydrogens is 238 g/mol. The standard InChI is InChI=1S/C11H13N3O2S/c12-11-10-7(6-17(15,16)14-11)2-1-3-9(10)13-8-4-5-8/h1-3,8,13H,4-6H2,(H2,12,14). The average molecular weight is 251 g/mol. The molecule has 1 heterocycles. The van der Waals surface area contributed by atoms with Gasteiger partial charge in [0.25, 0.3) is 10.0 Å². The van der Waals surface area contributed by atoms with Gasteiger partial charge in [-0.1, -0.05) is 12.1 Å². The Labute approximate surface area is 99.8 Å². The molecule has 0 atom stereocenters. The Kier molecular flexibility index (Phi) is 2.16. The first-order valence-corrected chi connectivity index (χ1v) is 7.13. The SMILES string of the molecule is NC1=NS(=O)(=O)Cc2cccc(NC3CC3)c21. The summed E-state index contributed by atoms with van der Waals surface area (Å²) < 4.78 is 26.5. The summed E-state index contributed by atoms with van der Waals surface area (Å²) in [6.45, 7) is 0. The summed E-state index contributed by atoms with van der Waals surface area (Å²) in [4.78, 5) is 0. The maximum atomic E-state index is 11.5. The number of hydrogen-bond acceptors (Lipinski definition) is 4. The van der Waals surface area contributed by atoms with Gasteiger partial charge in [-0.15, -0.1) is 4.40 Å². The van der Waals surface area contributed by atoms with Crippen molar-refractivity contribution in [1.82, 2.24) is 0 Å². The second-order valence-corrected chi connectivity index (χ2v) is 6.10. The fourth-order valence-electron chi connectivity index (χ4n) is 2.02. The summed E-state index contributed by atoms with van der Waals surface area (Å²) in [5, 5.41) is 3.35. The van der Waals surface area contributed by atoms with Crippen molar-refractivity contribution < 1.29 is 8.42 Å². The molecule has 0 unspecified atom stereocenters. The van der Waals surface area contributed by atoms with E-state index >= 15 is 0 Å². The lowest BCUT2D eigenvalue weighted by atomic mass is 10.1. The number of benzene rings is 1. The Bertz CT molecular complexity index is 603. The Morgan fingerprint density at radius 1 is 1.35 bits per heavy atom. The highest BCUT2D eigenvalue weighted by Gasteiger charge is 2.27. The molecule has 1 fully saturated rings. The van der Waals surface area contributed by atoms with Crippen LogP contribution in [0.25, 0.3) is 0 Å². The highest BCUT2D eigenvalue weighted by Crippen LogP contribution is 2.30. The minimum atomic E-state index is -3.44. The normalized spacial score (nSPS) is 21.5. The molecule has 0 bridgehead atoms. The third-order valence-electron chi connectivity index (χ3n) is 2.92. The Morgan fingerprint density at radius 3 is 2.82 bits per heavy atom. The zero-order chi connectivity index (χ0) is 12.0. The van der Waals surface area contributed by atoms with Gasteiger partial charge in [0.1, 0.15) is 5.84 Å². The van der Waals surface area contributed by atoms with Crippen LogP contribution < -0.4 is 11.1 Å². The van der Waals surface area contributed by atoms with Gasteiger partial charge < -0.3 is 11.1 Å². The lowest BCUT2D eigenvalue weighted by molar-refractivity contribution is 0.596. The number of rotatable bonds is 2. The van der Waals surface area contributed by atoms with Crippen LogP contribution in [0.15, 0.2) is 22.6 Å². The smallest absolute Gasteiger partial charge is 0.259 e. The number of amidine groups is 1. The van der Waals surface area contributed by atoms with Crippen LogP contribution in [-0.2, 0) is 15.8 Å². The predicted octanol–water partition coefficient (Wildman–Crippen LogP) is 0.810. The lowest BCUT2D eigenvalue weighted by Crippen LogP contribution is -2.25. The first kappa shape index (κ1) is 10.6. The van der Waals surface area contributed by atoms with Crippen LogP contribution in [0, 0.1) is 0 Å². The third kappa shape index (κ3) is 2.00. The zero-order valence-corrected chi connectivity index (χ0v) is 10.00. The number of nitrogens with one attached hydrogen (secondary N) is 1. The van der Waals surface area contributed by atoms with Gasteiger partial charge in [0.15, 0.2) is 0 Å². The highest BCUT2D eigenvalue weighted by molar-refractivity contribution is 7.89. The molecule has 90 valence electrons. The van der Waals surface area contributed by atoms with Gasteiger partial charge in [0.2, 0.25) is 0 Å². The van der Waals surface area contributed by atoms with Crippen LogP contribution >= 0.6 is 0 Å². The summed E-state index contributed by atoms with van der Waals surface area (Å²) in [6, 6.07) is 6.04. The average Bonchev–Trinajstić information content (AvgIpc) is 2.99. The zero-order valence-electron chi connectivity index (χ0n) is 9.18. The first-order valence-electron chi connectivity index (χ1n) is 5.52. The van der Waals surface area contributed by atoms with Gasteiger partial charge in [0.05, 0.1) is 5.75 Å². The number of nitrogens with two attached hydrogens (primary N) is 1. The van der Waals surface area contributed by atoms with Crippen LogP contribution in [0.1, 0.15) is 24.0 Å². The second kappa shape index (κ2) is 3.46. The van der Waals surface area contributed by atoms with Gasteiger partial charge in [-0.2, -0.15) is 0 Å². The molecule has 0 amide bonds. The molecule has 1 aromatic rings. The van der Waals surface area contributed by atoms with E-state index in [4.69, 9.17) is 5.73 Å². The summed E-state index contributed by atoms with van der Waals surface area (Å²) in [7, 11) is -3.44. The molecule has 3 rings (SSSR count). The van der Waals surface area contributed by atoms with Crippen molar-refractivity contribution in [2.45, 2.75) is 24.6 Å². The fraction of sp³-hybridized carbons (Fsp3) is 0.364. The van der Waals surface area contributed by atoms with Crippen LogP contribution in [0.5, 0.6) is 0 Å². The minimum Gasteiger partial charge on any atom is -0.382 e. The molecule has 1 aromatic carbocycles. The monoisotopic (exact) mass is 251 g/mol. The van der Waals surface area contributed by atoms with Crippen LogP contribution in [0.2, 0.25) is 0 Å². The molecule has 1 aliphatic heterocycles. The number of hydrogen-bond donors (Lipinski definition) is 2. The van der Waals surface area contributed by atoms with E-state index in [2.05, 4.69) is 9.71 Å². The van der Waals surface area contributed by atoms with Gasteiger partial charge in [-0.25, -0.2) is 8.42 Å². The Morgan fingerprint density at radius 2 is 2.12 bits per heavy atom. The van der Waals surface area contributed by atoms with Gasteiger partial charge in [-0.05, 0) is 24.5 Å². The molecule has 17 heavy (non-hydrogen) atoms. The van der Waals surface area contributed by atoms with E-state index in [0.29, 0.717) is 6.04 Å². The molecular formula is C11H13N3O2S. The van der Waals surface area contributed by atoms with Crippen LogP contribution in [0.3, 0.4) is 0 Å². The topological polar surface area (TPSA) is 84.5 Å². The van der Waals surface area contributed by atoms with Gasteiger partial charge in [0, 0.05) is 17.3 Å². The highest BCUT2D eigenvalue weighted by atomic mass is 32.2. The van der Waals surface area contributed by atoms with E-state index < -0.39 is 10.0 Å². The van der Waals surface area contributed by atoms with E-state index in [9.17, 15) is 8.42 Å². The maximum absolute atomic E-state index is 11.5. The third-order valence-corrected chi connectivity index (χ3v) is 4.07. The van der Waals surface area contributed by atoms with Crippen molar-refractivity contribution in [2.75, 3.05) is 5.32 Å². The molecule has 0 radical (unpaired) electrons. The molecule has 0 saturated heterocycles. The van der Waals surface area contributed by atoms with Crippen molar-refractivity contribution in [3.63, 3.8) is 0 Å². The quantitative estimate of drug-likeness (QED) is 0.814. The fourth-order valence-corrected chi connectivity index (χ4v) is 3.10. The molecule has 2 aliphatic rings. The van der Waals surface area contributed by atoms with E-state index in [1.807, 2.05) is 12.1 Å². The van der Waals surface area contributed by atoms with Crippen molar-refractivity contribution in [3.05, 3.63) is 29.3 Å². The summed E-state index contributed by atoms with van der Waals surface area (Å²) >= 11 is 0. The molecule has 1 saturated carbocycles. The molecule has 6 heteroatoms. The minimum absolute atomic E-state index is 0.0663. The Hall–Kier alpha value is -1.56. The summed E-state index contributed by atoms with van der Waals surface area (Å²) in [5.74, 6) is 0.0263. The second-order valence-electron chi connectivity index (χ2n) is 4.46. The number of fused-ring (bicyclic) bond motifs is 1. The van der Waals surface area contributed by atoms with Crippen molar-refractivity contribution in [3.8, 4) is 0 Å². The lowest BCUT2D eigenvalue weighted by Gasteiger charge is -2.18. The number of anilines is 1. The van der Waals surface area contributed by atoms with Crippen molar-refractivity contribution in [2.24, 2.45) is 10.1 Å². The molecule has 3 N–H and O–H groups in total. The molecule has 0 aromatic heterocycles. The number of nitrogens with zero attached hydrogens (tertiary/aromatic N) is 1. The van der Waals surface area contributed by atoms with Crippen molar-refractivity contribution in [1.29, 1.82) is 0 Å². The predicted molar refractivity (Wildman–Crippen MR) is 66.4 cm³/mol. The van der Waals surface area contributed by atoms with Crippen molar-refractivity contribution >= 4 is 21.5 Å². The molecule has 1 aliphatic carbocycles. The maximum Gasteiger partial charge on any atom is 0.259 e. The molecule has 5 nitrogen and oxygen atoms in total. The van der Waals surface area contributed by atoms with Gasteiger partial charge >= 0.3 is 0 Å².